The van der Waals surface area contributed by atoms with Crippen molar-refractivity contribution in [2.45, 2.75) is 19.5 Å². The Morgan fingerprint density at radius 3 is 3.19 bits per heavy atom. The van der Waals surface area contributed by atoms with Crippen molar-refractivity contribution in [1.82, 2.24) is 14.9 Å². The molecule has 5 heteroatoms. The topological polar surface area (TPSA) is 67.2 Å². The van der Waals surface area contributed by atoms with Crippen LogP contribution in [0.15, 0.2) is 30.7 Å². The largest absolute Gasteiger partial charge is 0.465 e. The third-order valence-electron chi connectivity index (χ3n) is 2.41. The van der Waals surface area contributed by atoms with E-state index in [-0.39, 0.29) is 6.04 Å². The zero-order valence-corrected chi connectivity index (χ0v) is 8.92. The van der Waals surface area contributed by atoms with Crippen LogP contribution in [0.1, 0.15) is 6.92 Å². The Hall–Kier alpha value is -2.04. The maximum absolute atomic E-state index is 10.5. The van der Waals surface area contributed by atoms with Crippen molar-refractivity contribution in [3.8, 4) is 0 Å². The summed E-state index contributed by atoms with van der Waals surface area (Å²) in [4.78, 5) is 14.5. The van der Waals surface area contributed by atoms with Gasteiger partial charge in [0.15, 0.2) is 0 Å². The fourth-order valence-corrected chi connectivity index (χ4v) is 1.75. The number of carbonyl (C=O) groups is 1. The summed E-state index contributed by atoms with van der Waals surface area (Å²) >= 11 is 0. The smallest absolute Gasteiger partial charge is 0.404 e. The van der Waals surface area contributed by atoms with Crippen LogP contribution in [0.4, 0.5) is 4.79 Å². The molecular weight excluding hydrogens is 206 g/mol. The summed E-state index contributed by atoms with van der Waals surface area (Å²) in [6.07, 6.45) is 4.47. The number of pyridine rings is 1. The SMILES string of the molecule is C[C@H](Cn1ccc2cnccc21)NC(=O)O. The second-order valence-corrected chi connectivity index (χ2v) is 3.75. The monoisotopic (exact) mass is 219 g/mol. The van der Waals surface area contributed by atoms with Crippen molar-refractivity contribution in [3.63, 3.8) is 0 Å². The second-order valence-electron chi connectivity index (χ2n) is 3.75. The van der Waals surface area contributed by atoms with Crippen LogP contribution < -0.4 is 5.32 Å². The van der Waals surface area contributed by atoms with Crippen LogP contribution in [-0.4, -0.2) is 26.8 Å². The van der Waals surface area contributed by atoms with Crippen LogP contribution in [0, 0.1) is 0 Å². The molecule has 16 heavy (non-hydrogen) atoms. The Labute approximate surface area is 92.7 Å². The number of fused-ring (bicyclic) bond motifs is 1. The van der Waals surface area contributed by atoms with E-state index in [4.69, 9.17) is 5.11 Å². The molecule has 0 bridgehead atoms. The highest BCUT2D eigenvalue weighted by molar-refractivity contribution is 5.78. The molecule has 0 aromatic carbocycles. The fourth-order valence-electron chi connectivity index (χ4n) is 1.75. The Morgan fingerprint density at radius 1 is 1.62 bits per heavy atom. The van der Waals surface area contributed by atoms with Crippen LogP contribution in [0.2, 0.25) is 0 Å². The lowest BCUT2D eigenvalue weighted by Crippen LogP contribution is -2.34. The molecule has 0 fully saturated rings. The summed E-state index contributed by atoms with van der Waals surface area (Å²) in [5, 5.41) is 12.1. The summed E-state index contributed by atoms with van der Waals surface area (Å²) in [7, 11) is 0. The summed E-state index contributed by atoms with van der Waals surface area (Å²) < 4.78 is 2.01. The van der Waals surface area contributed by atoms with Crippen LogP contribution >= 0.6 is 0 Å². The number of hydrogen-bond donors (Lipinski definition) is 2. The van der Waals surface area contributed by atoms with Crippen LogP contribution in [0.5, 0.6) is 0 Å². The highest BCUT2D eigenvalue weighted by atomic mass is 16.4. The van der Waals surface area contributed by atoms with E-state index in [1.807, 2.05) is 29.8 Å². The molecule has 2 rings (SSSR count). The normalized spacial score (nSPS) is 12.6. The van der Waals surface area contributed by atoms with Crippen molar-refractivity contribution >= 4 is 17.0 Å². The molecule has 0 unspecified atom stereocenters. The predicted molar refractivity (Wildman–Crippen MR) is 60.4 cm³/mol. The van der Waals surface area contributed by atoms with Crippen molar-refractivity contribution < 1.29 is 9.90 Å². The lowest BCUT2D eigenvalue weighted by Gasteiger charge is -2.13. The highest BCUT2D eigenvalue weighted by Gasteiger charge is 2.07. The number of rotatable bonds is 3. The molecule has 2 heterocycles. The van der Waals surface area contributed by atoms with Crippen molar-refractivity contribution in [2.75, 3.05) is 0 Å². The molecule has 1 amide bonds. The molecule has 0 aliphatic carbocycles. The van der Waals surface area contributed by atoms with E-state index in [1.54, 1.807) is 12.4 Å². The van der Waals surface area contributed by atoms with Gasteiger partial charge in [-0.05, 0) is 19.1 Å². The average molecular weight is 219 g/mol. The van der Waals surface area contributed by atoms with Crippen LogP contribution in [0.25, 0.3) is 10.9 Å². The molecule has 2 aromatic heterocycles. The highest BCUT2D eigenvalue weighted by Crippen LogP contribution is 2.13. The van der Waals surface area contributed by atoms with Gasteiger partial charge in [0.05, 0.1) is 5.52 Å². The van der Waals surface area contributed by atoms with Crippen LogP contribution in [0.3, 0.4) is 0 Å². The first kappa shape index (κ1) is 10.5. The molecule has 2 aromatic rings. The number of nitrogens with zero attached hydrogens (tertiary/aromatic N) is 2. The van der Waals surface area contributed by atoms with Crippen molar-refractivity contribution in [3.05, 3.63) is 30.7 Å². The molecule has 84 valence electrons. The minimum atomic E-state index is -0.995. The first-order valence-corrected chi connectivity index (χ1v) is 5.05. The molecule has 0 spiro atoms. The van der Waals surface area contributed by atoms with E-state index in [2.05, 4.69) is 10.3 Å². The third kappa shape index (κ3) is 2.13. The molecular formula is C11H13N3O2. The summed E-state index contributed by atoms with van der Waals surface area (Å²) in [6.45, 7) is 2.45. The van der Waals surface area contributed by atoms with E-state index >= 15 is 0 Å². The van der Waals surface area contributed by atoms with Gasteiger partial charge in [0.2, 0.25) is 0 Å². The lowest BCUT2D eigenvalue weighted by atomic mass is 10.3. The predicted octanol–water partition coefficient (Wildman–Crippen LogP) is 1.69. The van der Waals surface area contributed by atoms with Gasteiger partial charge >= 0.3 is 6.09 Å². The average Bonchev–Trinajstić information content (AvgIpc) is 2.61. The number of carboxylic acid groups (broad SMARTS) is 1. The Morgan fingerprint density at radius 2 is 2.44 bits per heavy atom. The van der Waals surface area contributed by atoms with Crippen LogP contribution in [-0.2, 0) is 6.54 Å². The number of amides is 1. The molecule has 1 atom stereocenters. The standard InChI is InChI=1S/C11H13N3O2/c1-8(13-11(15)16)7-14-5-3-9-6-12-4-2-10(9)14/h2-6,8,13H,7H2,1H3,(H,15,16)/t8-/m1/s1. The molecule has 0 aliphatic rings. The molecule has 2 N–H and O–H groups in total. The number of hydrogen-bond acceptors (Lipinski definition) is 2. The molecule has 0 aliphatic heterocycles. The Bertz CT molecular complexity index is 507. The molecule has 5 nitrogen and oxygen atoms in total. The minimum absolute atomic E-state index is 0.124. The maximum atomic E-state index is 10.5. The van der Waals surface area contributed by atoms with Gasteiger partial charge in [-0.2, -0.15) is 0 Å². The molecule has 0 saturated heterocycles. The maximum Gasteiger partial charge on any atom is 0.404 e. The quantitative estimate of drug-likeness (QED) is 0.825. The van der Waals surface area contributed by atoms with E-state index < -0.39 is 6.09 Å². The van der Waals surface area contributed by atoms with Gasteiger partial charge < -0.3 is 15.0 Å². The van der Waals surface area contributed by atoms with Crippen molar-refractivity contribution in [1.29, 1.82) is 0 Å². The zero-order valence-electron chi connectivity index (χ0n) is 8.92. The van der Waals surface area contributed by atoms with E-state index in [1.165, 1.54) is 0 Å². The van der Waals surface area contributed by atoms with Gasteiger partial charge in [0.1, 0.15) is 0 Å². The fraction of sp³-hybridized carbons (Fsp3) is 0.273. The van der Waals surface area contributed by atoms with Gasteiger partial charge in [-0.1, -0.05) is 0 Å². The summed E-state index contributed by atoms with van der Waals surface area (Å²) in [5.41, 5.74) is 1.06. The summed E-state index contributed by atoms with van der Waals surface area (Å²) in [5.74, 6) is 0. The lowest BCUT2D eigenvalue weighted by molar-refractivity contribution is 0.189. The summed E-state index contributed by atoms with van der Waals surface area (Å²) in [6, 6.07) is 3.76. The Balaban J connectivity index is 2.18. The zero-order chi connectivity index (χ0) is 11.5. The second kappa shape index (κ2) is 4.22. The molecule has 0 radical (unpaired) electrons. The number of nitrogens with one attached hydrogen (secondary N) is 1. The van der Waals surface area contributed by atoms with E-state index in [9.17, 15) is 4.79 Å². The van der Waals surface area contributed by atoms with Crippen molar-refractivity contribution in [2.24, 2.45) is 0 Å². The first-order valence-electron chi connectivity index (χ1n) is 5.05. The van der Waals surface area contributed by atoms with E-state index in [0.717, 1.165) is 10.9 Å². The minimum Gasteiger partial charge on any atom is -0.465 e. The first-order chi connectivity index (χ1) is 7.66. The van der Waals surface area contributed by atoms with E-state index in [0.29, 0.717) is 6.54 Å². The van der Waals surface area contributed by atoms with Gasteiger partial charge in [-0.15, -0.1) is 0 Å². The van der Waals surface area contributed by atoms with Gasteiger partial charge in [-0.25, -0.2) is 4.79 Å². The van der Waals surface area contributed by atoms with Gasteiger partial charge in [-0.3, -0.25) is 4.98 Å². The van der Waals surface area contributed by atoms with Gasteiger partial charge in [0, 0.05) is 36.6 Å². The number of aromatic nitrogens is 2. The molecule has 0 saturated carbocycles. The Kier molecular flexibility index (Phi) is 2.76. The third-order valence-corrected chi connectivity index (χ3v) is 2.41. The van der Waals surface area contributed by atoms with Gasteiger partial charge in [0.25, 0.3) is 0 Å².